The Labute approximate surface area is 147 Å². The van der Waals surface area contributed by atoms with E-state index < -0.39 is 0 Å². The lowest BCUT2D eigenvalue weighted by atomic mass is 9.87. The zero-order valence-corrected chi connectivity index (χ0v) is 14.3. The molecule has 0 N–H and O–H groups in total. The molecule has 25 heavy (non-hydrogen) atoms. The van der Waals surface area contributed by atoms with Crippen molar-refractivity contribution in [2.45, 2.75) is 56.9 Å². The molecule has 1 unspecified atom stereocenters. The second kappa shape index (κ2) is 6.98. The zero-order chi connectivity index (χ0) is 17.2. The molecule has 0 bridgehead atoms. The SMILES string of the molecule is O=C(c1cc(C2CCCCC2)no1)N1CCCC1c1cccc(F)c1. The van der Waals surface area contributed by atoms with Gasteiger partial charge in [-0.05, 0) is 43.4 Å². The van der Waals surface area contributed by atoms with Crippen molar-refractivity contribution in [3.63, 3.8) is 0 Å². The Morgan fingerprint density at radius 3 is 2.76 bits per heavy atom. The quantitative estimate of drug-likeness (QED) is 0.802. The summed E-state index contributed by atoms with van der Waals surface area (Å²) in [7, 11) is 0. The molecule has 0 spiro atoms. The van der Waals surface area contributed by atoms with Crippen molar-refractivity contribution in [1.29, 1.82) is 0 Å². The number of halogens is 1. The fourth-order valence-electron chi connectivity index (χ4n) is 4.19. The molecule has 1 aliphatic carbocycles. The highest BCUT2D eigenvalue weighted by Crippen LogP contribution is 2.35. The van der Waals surface area contributed by atoms with Crippen LogP contribution in [0.4, 0.5) is 4.39 Å². The lowest BCUT2D eigenvalue weighted by Gasteiger charge is -2.24. The molecule has 1 atom stereocenters. The van der Waals surface area contributed by atoms with Gasteiger partial charge in [-0.2, -0.15) is 0 Å². The van der Waals surface area contributed by atoms with E-state index in [0.717, 1.165) is 36.9 Å². The van der Waals surface area contributed by atoms with E-state index in [1.807, 2.05) is 12.1 Å². The molecule has 1 aromatic carbocycles. The van der Waals surface area contributed by atoms with Crippen LogP contribution in [0.3, 0.4) is 0 Å². The Kier molecular flexibility index (Phi) is 4.55. The maximum Gasteiger partial charge on any atom is 0.292 e. The first-order valence-corrected chi connectivity index (χ1v) is 9.25. The van der Waals surface area contributed by atoms with Gasteiger partial charge in [-0.3, -0.25) is 4.79 Å². The molecular formula is C20H23FN2O2. The topological polar surface area (TPSA) is 46.3 Å². The smallest absolute Gasteiger partial charge is 0.292 e. The van der Waals surface area contributed by atoms with Crippen LogP contribution in [0, 0.1) is 5.82 Å². The number of carbonyl (C=O) groups is 1. The number of hydrogen-bond donors (Lipinski definition) is 0. The molecule has 1 aliphatic heterocycles. The minimum atomic E-state index is -0.268. The van der Waals surface area contributed by atoms with Gasteiger partial charge in [-0.15, -0.1) is 0 Å². The summed E-state index contributed by atoms with van der Waals surface area (Å²) in [6.07, 6.45) is 7.72. The molecule has 132 valence electrons. The normalized spacial score (nSPS) is 21.6. The van der Waals surface area contributed by atoms with Crippen LogP contribution in [0.1, 0.15) is 78.7 Å². The van der Waals surface area contributed by atoms with Crippen molar-refractivity contribution < 1.29 is 13.7 Å². The van der Waals surface area contributed by atoms with Crippen LogP contribution >= 0.6 is 0 Å². The minimum absolute atomic E-state index is 0.0913. The first-order valence-electron chi connectivity index (χ1n) is 9.25. The third-order valence-electron chi connectivity index (χ3n) is 5.51. The van der Waals surface area contributed by atoms with Gasteiger partial charge in [-0.25, -0.2) is 4.39 Å². The predicted octanol–water partition coefficient (Wildman–Crippen LogP) is 4.84. The van der Waals surface area contributed by atoms with Crippen molar-refractivity contribution in [2.24, 2.45) is 0 Å². The van der Waals surface area contributed by atoms with E-state index in [-0.39, 0.29) is 17.8 Å². The zero-order valence-electron chi connectivity index (χ0n) is 14.3. The van der Waals surface area contributed by atoms with Gasteiger partial charge in [0.1, 0.15) is 5.82 Å². The van der Waals surface area contributed by atoms with E-state index in [1.165, 1.54) is 31.4 Å². The summed E-state index contributed by atoms with van der Waals surface area (Å²) < 4.78 is 18.9. The molecule has 1 saturated heterocycles. The Balaban J connectivity index is 1.52. The van der Waals surface area contributed by atoms with Gasteiger partial charge in [0.05, 0.1) is 11.7 Å². The lowest BCUT2D eigenvalue weighted by Crippen LogP contribution is -2.30. The van der Waals surface area contributed by atoms with E-state index in [9.17, 15) is 9.18 Å². The van der Waals surface area contributed by atoms with Crippen molar-refractivity contribution >= 4 is 5.91 Å². The monoisotopic (exact) mass is 342 g/mol. The Hall–Kier alpha value is -2.17. The maximum atomic E-state index is 13.5. The molecule has 2 aromatic rings. The molecule has 4 rings (SSSR count). The second-order valence-electron chi connectivity index (χ2n) is 7.16. The van der Waals surface area contributed by atoms with E-state index in [2.05, 4.69) is 5.16 Å². The summed E-state index contributed by atoms with van der Waals surface area (Å²) in [6, 6.07) is 8.25. The second-order valence-corrected chi connectivity index (χ2v) is 7.16. The molecule has 5 heteroatoms. The van der Waals surface area contributed by atoms with E-state index in [1.54, 1.807) is 11.0 Å². The average Bonchev–Trinajstić information content (AvgIpc) is 3.32. The molecule has 0 radical (unpaired) electrons. The van der Waals surface area contributed by atoms with Crippen LogP contribution in [-0.4, -0.2) is 22.5 Å². The summed E-state index contributed by atoms with van der Waals surface area (Å²) in [4.78, 5) is 14.7. The molecular weight excluding hydrogens is 319 g/mol. The number of rotatable bonds is 3. The van der Waals surface area contributed by atoms with Gasteiger partial charge in [0, 0.05) is 18.5 Å². The van der Waals surface area contributed by atoms with Crippen LogP contribution in [0.2, 0.25) is 0 Å². The summed E-state index contributed by atoms with van der Waals surface area (Å²) in [5, 5.41) is 4.16. The van der Waals surface area contributed by atoms with Crippen molar-refractivity contribution in [3.05, 3.63) is 53.2 Å². The standard InChI is InChI=1S/C20H23FN2O2/c21-16-9-4-8-15(12-16)18-10-5-11-23(18)20(24)19-13-17(22-25-19)14-6-2-1-3-7-14/h4,8-9,12-14,18H,1-3,5-7,10-11H2. The van der Waals surface area contributed by atoms with Gasteiger partial charge in [-0.1, -0.05) is 36.6 Å². The highest BCUT2D eigenvalue weighted by Gasteiger charge is 2.33. The third kappa shape index (κ3) is 3.32. The Morgan fingerprint density at radius 1 is 1.12 bits per heavy atom. The fourth-order valence-corrected chi connectivity index (χ4v) is 4.19. The molecule has 4 nitrogen and oxygen atoms in total. The van der Waals surface area contributed by atoms with Crippen LogP contribution in [0.5, 0.6) is 0 Å². The summed E-state index contributed by atoms with van der Waals surface area (Å²) in [5.41, 5.74) is 1.75. The Bertz CT molecular complexity index is 752. The summed E-state index contributed by atoms with van der Waals surface area (Å²) in [5.74, 6) is 0.317. The number of benzene rings is 1. The number of likely N-dealkylation sites (tertiary alicyclic amines) is 1. The highest BCUT2D eigenvalue weighted by atomic mass is 19.1. The molecule has 1 aromatic heterocycles. The number of carbonyl (C=O) groups excluding carboxylic acids is 1. The molecule has 2 fully saturated rings. The van der Waals surface area contributed by atoms with Gasteiger partial charge in [0.2, 0.25) is 5.76 Å². The lowest BCUT2D eigenvalue weighted by molar-refractivity contribution is 0.0693. The number of nitrogens with zero attached hydrogens (tertiary/aromatic N) is 2. The van der Waals surface area contributed by atoms with Crippen LogP contribution in [-0.2, 0) is 0 Å². The molecule has 1 saturated carbocycles. The first-order chi connectivity index (χ1) is 12.2. The number of hydrogen-bond acceptors (Lipinski definition) is 3. The molecule has 2 aliphatic rings. The number of aromatic nitrogens is 1. The molecule has 2 heterocycles. The van der Waals surface area contributed by atoms with E-state index in [0.29, 0.717) is 18.2 Å². The van der Waals surface area contributed by atoms with Gasteiger partial charge in [0.25, 0.3) is 5.91 Å². The van der Waals surface area contributed by atoms with Crippen molar-refractivity contribution in [1.82, 2.24) is 10.1 Å². The van der Waals surface area contributed by atoms with Gasteiger partial charge < -0.3 is 9.42 Å². The van der Waals surface area contributed by atoms with Gasteiger partial charge >= 0.3 is 0 Å². The third-order valence-corrected chi connectivity index (χ3v) is 5.51. The average molecular weight is 342 g/mol. The van der Waals surface area contributed by atoms with Crippen molar-refractivity contribution in [3.8, 4) is 0 Å². The van der Waals surface area contributed by atoms with Gasteiger partial charge in [0.15, 0.2) is 0 Å². The van der Waals surface area contributed by atoms with E-state index >= 15 is 0 Å². The summed E-state index contributed by atoms with van der Waals surface area (Å²) in [6.45, 7) is 0.666. The maximum absolute atomic E-state index is 13.5. The molecule has 1 amide bonds. The first kappa shape index (κ1) is 16.3. The van der Waals surface area contributed by atoms with Crippen LogP contribution in [0.15, 0.2) is 34.9 Å². The van der Waals surface area contributed by atoms with Crippen LogP contribution < -0.4 is 0 Å². The predicted molar refractivity (Wildman–Crippen MR) is 91.7 cm³/mol. The largest absolute Gasteiger partial charge is 0.351 e. The fraction of sp³-hybridized carbons (Fsp3) is 0.500. The van der Waals surface area contributed by atoms with Crippen molar-refractivity contribution in [2.75, 3.05) is 6.54 Å². The van der Waals surface area contributed by atoms with E-state index in [4.69, 9.17) is 4.52 Å². The number of amides is 1. The Morgan fingerprint density at radius 2 is 1.96 bits per heavy atom. The summed E-state index contributed by atoms with van der Waals surface area (Å²) >= 11 is 0. The van der Waals surface area contributed by atoms with Crippen LogP contribution in [0.25, 0.3) is 0 Å². The minimum Gasteiger partial charge on any atom is -0.351 e. The highest BCUT2D eigenvalue weighted by molar-refractivity contribution is 5.92.